The molecule has 1 unspecified atom stereocenters. The van der Waals surface area contributed by atoms with Crippen LogP contribution in [0.25, 0.3) is 0 Å². The number of hydrogen-bond donors (Lipinski definition) is 1. The van der Waals surface area contributed by atoms with Gasteiger partial charge in [0.1, 0.15) is 5.82 Å². The van der Waals surface area contributed by atoms with Crippen LogP contribution in [0.3, 0.4) is 0 Å². The maximum atomic E-state index is 13.1. The zero-order chi connectivity index (χ0) is 19.3. The van der Waals surface area contributed by atoms with Crippen LogP contribution in [0.5, 0.6) is 0 Å². The SMILES string of the molecule is CC(C)C(NC(=O)CN1CCCN(S(C)(=O)=O)CC1)c1ccc(F)cc1. The summed E-state index contributed by atoms with van der Waals surface area (Å²) in [5, 5.41) is 3.03. The van der Waals surface area contributed by atoms with E-state index in [1.807, 2.05) is 18.7 Å². The molecule has 0 bridgehead atoms. The van der Waals surface area contributed by atoms with E-state index in [4.69, 9.17) is 0 Å². The summed E-state index contributed by atoms with van der Waals surface area (Å²) in [4.78, 5) is 14.5. The number of rotatable bonds is 6. The maximum absolute atomic E-state index is 13.1. The van der Waals surface area contributed by atoms with Crippen LogP contribution in [0.1, 0.15) is 31.9 Å². The lowest BCUT2D eigenvalue weighted by Gasteiger charge is -2.25. The Bertz CT molecular complexity index is 707. The third kappa shape index (κ3) is 6.03. The molecule has 0 radical (unpaired) electrons. The number of halogens is 1. The molecule has 26 heavy (non-hydrogen) atoms. The summed E-state index contributed by atoms with van der Waals surface area (Å²) in [6.07, 6.45) is 1.91. The van der Waals surface area contributed by atoms with E-state index < -0.39 is 10.0 Å². The first-order valence-corrected chi connectivity index (χ1v) is 10.7. The third-order valence-corrected chi connectivity index (χ3v) is 5.90. The molecule has 1 aliphatic rings. The Morgan fingerprint density at radius 3 is 2.38 bits per heavy atom. The van der Waals surface area contributed by atoms with Gasteiger partial charge in [0.15, 0.2) is 0 Å². The van der Waals surface area contributed by atoms with E-state index in [1.165, 1.54) is 22.7 Å². The van der Waals surface area contributed by atoms with Crippen molar-refractivity contribution in [1.29, 1.82) is 0 Å². The fourth-order valence-corrected chi connectivity index (χ4v) is 4.04. The Morgan fingerprint density at radius 1 is 1.15 bits per heavy atom. The van der Waals surface area contributed by atoms with Crippen molar-refractivity contribution < 1.29 is 17.6 Å². The number of carbonyl (C=O) groups is 1. The number of benzene rings is 1. The van der Waals surface area contributed by atoms with Gasteiger partial charge in [-0.1, -0.05) is 26.0 Å². The summed E-state index contributed by atoms with van der Waals surface area (Å²) < 4.78 is 37.9. The standard InChI is InChI=1S/C18H28FN3O3S/c1-14(2)18(15-5-7-16(19)8-6-15)20-17(23)13-21-9-4-10-22(12-11-21)26(3,24)25/h5-8,14,18H,4,9-13H2,1-3H3,(H,20,23). The molecule has 0 spiro atoms. The van der Waals surface area contributed by atoms with Gasteiger partial charge in [-0.05, 0) is 36.6 Å². The molecule has 8 heteroatoms. The van der Waals surface area contributed by atoms with Crippen molar-refractivity contribution in [2.24, 2.45) is 5.92 Å². The minimum atomic E-state index is -3.20. The van der Waals surface area contributed by atoms with Crippen molar-refractivity contribution in [2.75, 3.05) is 39.0 Å². The molecule has 1 aliphatic heterocycles. The lowest BCUT2D eigenvalue weighted by atomic mass is 9.96. The topological polar surface area (TPSA) is 69.7 Å². The Morgan fingerprint density at radius 2 is 1.81 bits per heavy atom. The van der Waals surface area contributed by atoms with Gasteiger partial charge in [-0.25, -0.2) is 17.1 Å². The minimum Gasteiger partial charge on any atom is -0.348 e. The molecule has 146 valence electrons. The molecule has 0 saturated carbocycles. The fraction of sp³-hybridized carbons (Fsp3) is 0.611. The third-order valence-electron chi connectivity index (χ3n) is 4.60. The molecule has 1 saturated heterocycles. The Labute approximate surface area is 155 Å². The van der Waals surface area contributed by atoms with Gasteiger partial charge in [-0.3, -0.25) is 9.69 Å². The van der Waals surface area contributed by atoms with Crippen LogP contribution in [-0.4, -0.2) is 62.5 Å². The summed E-state index contributed by atoms with van der Waals surface area (Å²) in [7, 11) is -3.20. The first-order chi connectivity index (χ1) is 12.2. The molecule has 1 N–H and O–H groups in total. The Kier molecular flexibility index (Phi) is 7.14. The summed E-state index contributed by atoms with van der Waals surface area (Å²) in [6.45, 7) is 6.33. The summed E-state index contributed by atoms with van der Waals surface area (Å²) in [6, 6.07) is 5.98. The monoisotopic (exact) mass is 385 g/mol. The largest absolute Gasteiger partial charge is 0.348 e. The predicted molar refractivity (Wildman–Crippen MR) is 99.6 cm³/mol. The molecule has 2 rings (SSSR count). The van der Waals surface area contributed by atoms with E-state index in [9.17, 15) is 17.6 Å². The van der Waals surface area contributed by atoms with Gasteiger partial charge in [0.25, 0.3) is 0 Å². The van der Waals surface area contributed by atoms with Crippen LogP contribution in [-0.2, 0) is 14.8 Å². The molecule has 1 atom stereocenters. The van der Waals surface area contributed by atoms with E-state index in [0.29, 0.717) is 32.6 Å². The van der Waals surface area contributed by atoms with Crippen molar-refractivity contribution in [3.63, 3.8) is 0 Å². The molecule has 0 aliphatic carbocycles. The molecular formula is C18H28FN3O3S. The van der Waals surface area contributed by atoms with Crippen LogP contribution >= 0.6 is 0 Å². The number of sulfonamides is 1. The van der Waals surface area contributed by atoms with Gasteiger partial charge in [0.2, 0.25) is 15.9 Å². The fourth-order valence-electron chi connectivity index (χ4n) is 3.16. The van der Waals surface area contributed by atoms with Crippen LogP contribution in [0.2, 0.25) is 0 Å². The van der Waals surface area contributed by atoms with Crippen LogP contribution < -0.4 is 5.32 Å². The summed E-state index contributed by atoms with van der Waals surface area (Å²) in [5.74, 6) is -0.252. The van der Waals surface area contributed by atoms with E-state index in [0.717, 1.165) is 5.56 Å². The highest BCUT2D eigenvalue weighted by atomic mass is 32.2. The molecule has 1 fully saturated rings. The molecule has 1 amide bonds. The van der Waals surface area contributed by atoms with Crippen LogP contribution in [0, 0.1) is 11.7 Å². The van der Waals surface area contributed by atoms with Gasteiger partial charge in [0, 0.05) is 19.6 Å². The average Bonchev–Trinajstić information content (AvgIpc) is 2.79. The van der Waals surface area contributed by atoms with Crippen molar-refractivity contribution in [3.05, 3.63) is 35.6 Å². The van der Waals surface area contributed by atoms with Crippen molar-refractivity contribution in [3.8, 4) is 0 Å². The minimum absolute atomic E-state index is 0.110. The van der Waals surface area contributed by atoms with Crippen molar-refractivity contribution in [2.45, 2.75) is 26.3 Å². The molecule has 1 heterocycles. The zero-order valence-corrected chi connectivity index (χ0v) is 16.4. The lowest BCUT2D eigenvalue weighted by Crippen LogP contribution is -2.42. The second-order valence-electron chi connectivity index (χ2n) is 7.13. The van der Waals surface area contributed by atoms with E-state index in [1.54, 1.807) is 12.1 Å². The van der Waals surface area contributed by atoms with Crippen molar-refractivity contribution in [1.82, 2.24) is 14.5 Å². The molecule has 1 aromatic carbocycles. The Hall–Kier alpha value is -1.51. The number of amides is 1. The zero-order valence-electron chi connectivity index (χ0n) is 15.6. The van der Waals surface area contributed by atoms with Crippen LogP contribution in [0.4, 0.5) is 4.39 Å². The van der Waals surface area contributed by atoms with E-state index in [-0.39, 0.29) is 30.2 Å². The average molecular weight is 386 g/mol. The highest BCUT2D eigenvalue weighted by Gasteiger charge is 2.24. The summed E-state index contributed by atoms with van der Waals surface area (Å²) in [5.41, 5.74) is 0.869. The number of nitrogens with one attached hydrogen (secondary N) is 1. The molecular weight excluding hydrogens is 357 g/mol. The number of carbonyl (C=O) groups excluding carboxylic acids is 1. The molecule has 6 nitrogen and oxygen atoms in total. The van der Waals surface area contributed by atoms with E-state index in [2.05, 4.69) is 5.32 Å². The first-order valence-electron chi connectivity index (χ1n) is 8.89. The van der Waals surface area contributed by atoms with Crippen LogP contribution in [0.15, 0.2) is 24.3 Å². The van der Waals surface area contributed by atoms with Crippen molar-refractivity contribution >= 4 is 15.9 Å². The van der Waals surface area contributed by atoms with Gasteiger partial charge in [0.05, 0.1) is 18.8 Å². The second-order valence-corrected chi connectivity index (χ2v) is 9.11. The van der Waals surface area contributed by atoms with Gasteiger partial charge in [-0.15, -0.1) is 0 Å². The first kappa shape index (κ1) is 20.8. The Balaban J connectivity index is 1.95. The normalized spacial score (nSPS) is 18.5. The predicted octanol–water partition coefficient (Wildman–Crippen LogP) is 1.61. The second kappa shape index (κ2) is 8.92. The maximum Gasteiger partial charge on any atom is 0.234 e. The number of nitrogens with zero attached hydrogens (tertiary/aromatic N) is 2. The lowest BCUT2D eigenvalue weighted by molar-refractivity contribution is -0.123. The molecule has 1 aromatic rings. The quantitative estimate of drug-likeness (QED) is 0.808. The van der Waals surface area contributed by atoms with E-state index >= 15 is 0 Å². The highest BCUT2D eigenvalue weighted by Crippen LogP contribution is 2.22. The molecule has 0 aromatic heterocycles. The highest BCUT2D eigenvalue weighted by molar-refractivity contribution is 7.88. The van der Waals surface area contributed by atoms with Gasteiger partial charge < -0.3 is 5.32 Å². The number of hydrogen-bond acceptors (Lipinski definition) is 4. The smallest absolute Gasteiger partial charge is 0.234 e. The summed E-state index contributed by atoms with van der Waals surface area (Å²) >= 11 is 0. The van der Waals surface area contributed by atoms with Gasteiger partial charge in [-0.2, -0.15) is 0 Å². The van der Waals surface area contributed by atoms with Gasteiger partial charge >= 0.3 is 0 Å².